The summed E-state index contributed by atoms with van der Waals surface area (Å²) in [4.78, 5) is 4.65. The summed E-state index contributed by atoms with van der Waals surface area (Å²) in [6, 6.07) is 6.53. The number of aliphatic hydroxyl groups is 1. The molecule has 2 rings (SSSR count). The van der Waals surface area contributed by atoms with Gasteiger partial charge in [0.25, 0.3) is 0 Å². The van der Waals surface area contributed by atoms with E-state index in [4.69, 9.17) is 4.74 Å². The van der Waals surface area contributed by atoms with Crippen LogP contribution in [0.4, 0.5) is 5.69 Å². The van der Waals surface area contributed by atoms with Crippen LogP contribution in [0.15, 0.2) is 18.2 Å². The molecule has 0 radical (unpaired) electrons. The van der Waals surface area contributed by atoms with Crippen molar-refractivity contribution in [1.29, 1.82) is 0 Å². The zero-order valence-corrected chi connectivity index (χ0v) is 13.0. The first kappa shape index (κ1) is 15.1. The molecule has 1 fully saturated rings. The lowest BCUT2D eigenvalue weighted by atomic mass is 10.1. The molecule has 1 unspecified atom stereocenters. The SMILES string of the molecule is COc1cccc(N(C)CC2CCCN2C)c1[C@H](C)O. The molecule has 0 amide bonds. The molecule has 0 saturated carbocycles. The zero-order chi connectivity index (χ0) is 14.7. The molecule has 2 atom stereocenters. The van der Waals surface area contributed by atoms with Crippen LogP contribution in [0.5, 0.6) is 5.75 Å². The smallest absolute Gasteiger partial charge is 0.126 e. The van der Waals surface area contributed by atoms with Gasteiger partial charge in [-0.15, -0.1) is 0 Å². The second kappa shape index (κ2) is 6.46. The highest BCUT2D eigenvalue weighted by atomic mass is 16.5. The molecule has 1 aromatic rings. The van der Waals surface area contributed by atoms with Crippen molar-refractivity contribution in [2.75, 3.05) is 39.2 Å². The Bertz CT molecular complexity index is 448. The van der Waals surface area contributed by atoms with Crippen molar-refractivity contribution in [3.63, 3.8) is 0 Å². The van der Waals surface area contributed by atoms with Crippen molar-refractivity contribution >= 4 is 5.69 Å². The number of aliphatic hydroxyl groups excluding tert-OH is 1. The van der Waals surface area contributed by atoms with Gasteiger partial charge in [0, 0.05) is 30.9 Å². The van der Waals surface area contributed by atoms with Crippen molar-refractivity contribution in [1.82, 2.24) is 4.90 Å². The van der Waals surface area contributed by atoms with E-state index in [1.54, 1.807) is 14.0 Å². The number of hydrogen-bond acceptors (Lipinski definition) is 4. The van der Waals surface area contributed by atoms with E-state index < -0.39 is 6.10 Å². The number of likely N-dealkylation sites (tertiary alicyclic amines) is 1. The van der Waals surface area contributed by atoms with Crippen molar-refractivity contribution in [3.05, 3.63) is 23.8 Å². The molecular formula is C16H26N2O2. The normalized spacial score (nSPS) is 20.9. The molecule has 1 aliphatic heterocycles. The number of hydrogen-bond donors (Lipinski definition) is 1. The lowest BCUT2D eigenvalue weighted by Crippen LogP contribution is -2.37. The van der Waals surface area contributed by atoms with E-state index in [1.165, 1.54) is 19.4 Å². The monoisotopic (exact) mass is 278 g/mol. The Labute approximate surface area is 122 Å². The lowest BCUT2D eigenvalue weighted by Gasteiger charge is -2.30. The summed E-state index contributed by atoms with van der Waals surface area (Å²) in [5.74, 6) is 0.754. The van der Waals surface area contributed by atoms with Crippen molar-refractivity contribution in [3.8, 4) is 5.75 Å². The molecule has 0 spiro atoms. The second-order valence-electron chi connectivity index (χ2n) is 5.73. The number of benzene rings is 1. The average Bonchev–Trinajstić information content (AvgIpc) is 2.83. The average molecular weight is 278 g/mol. The minimum absolute atomic E-state index is 0.537. The first-order valence-electron chi connectivity index (χ1n) is 7.31. The molecule has 4 heteroatoms. The fourth-order valence-corrected chi connectivity index (χ4v) is 3.09. The Balaban J connectivity index is 2.22. The zero-order valence-electron chi connectivity index (χ0n) is 13.0. The van der Waals surface area contributed by atoms with Gasteiger partial charge in [0.15, 0.2) is 0 Å². The fourth-order valence-electron chi connectivity index (χ4n) is 3.09. The third kappa shape index (κ3) is 3.07. The summed E-state index contributed by atoms with van der Waals surface area (Å²) >= 11 is 0. The maximum atomic E-state index is 10.1. The molecule has 0 bridgehead atoms. The molecule has 1 N–H and O–H groups in total. The molecule has 1 saturated heterocycles. The van der Waals surface area contributed by atoms with Crippen LogP contribution in [-0.2, 0) is 0 Å². The van der Waals surface area contributed by atoms with Crippen LogP contribution in [0.25, 0.3) is 0 Å². The molecule has 1 aromatic carbocycles. The molecule has 1 aliphatic rings. The van der Waals surface area contributed by atoms with E-state index in [-0.39, 0.29) is 0 Å². The number of methoxy groups -OCH3 is 1. The third-order valence-corrected chi connectivity index (χ3v) is 4.25. The predicted molar refractivity (Wildman–Crippen MR) is 82.5 cm³/mol. The summed E-state index contributed by atoms with van der Waals surface area (Å²) < 4.78 is 5.39. The van der Waals surface area contributed by atoms with Crippen molar-refractivity contribution in [2.45, 2.75) is 31.9 Å². The predicted octanol–water partition coefficient (Wildman–Crippen LogP) is 2.28. The Kier molecular flexibility index (Phi) is 4.89. The Morgan fingerprint density at radius 1 is 1.50 bits per heavy atom. The van der Waals surface area contributed by atoms with Crippen molar-refractivity contribution in [2.24, 2.45) is 0 Å². The van der Waals surface area contributed by atoms with E-state index >= 15 is 0 Å². The van der Waals surface area contributed by atoms with Gasteiger partial charge in [0.2, 0.25) is 0 Å². The Morgan fingerprint density at radius 3 is 2.80 bits per heavy atom. The van der Waals surface area contributed by atoms with Gasteiger partial charge in [0.05, 0.1) is 13.2 Å². The van der Waals surface area contributed by atoms with Crippen LogP contribution in [-0.4, -0.2) is 50.3 Å². The topological polar surface area (TPSA) is 35.9 Å². The van der Waals surface area contributed by atoms with Gasteiger partial charge in [-0.3, -0.25) is 0 Å². The van der Waals surface area contributed by atoms with E-state index in [0.717, 1.165) is 23.5 Å². The van der Waals surface area contributed by atoms with E-state index in [1.807, 2.05) is 12.1 Å². The standard InChI is InChI=1S/C16H26N2O2/c1-12(19)16-14(8-5-9-15(16)20-4)18(3)11-13-7-6-10-17(13)2/h5,8-9,12-13,19H,6-7,10-11H2,1-4H3/t12-,13?/m0/s1. The molecular weight excluding hydrogens is 252 g/mol. The number of nitrogens with zero attached hydrogens (tertiary/aromatic N) is 2. The highest BCUT2D eigenvalue weighted by Crippen LogP contribution is 2.34. The quantitative estimate of drug-likeness (QED) is 0.896. The maximum absolute atomic E-state index is 10.1. The van der Waals surface area contributed by atoms with E-state index in [0.29, 0.717) is 6.04 Å². The van der Waals surface area contributed by atoms with Crippen LogP contribution in [0, 0.1) is 0 Å². The minimum atomic E-state index is -0.537. The summed E-state index contributed by atoms with van der Waals surface area (Å²) in [5.41, 5.74) is 1.93. The summed E-state index contributed by atoms with van der Waals surface area (Å²) in [6.07, 6.45) is 1.98. The highest BCUT2D eigenvalue weighted by Gasteiger charge is 2.24. The van der Waals surface area contributed by atoms with Crippen molar-refractivity contribution < 1.29 is 9.84 Å². The van der Waals surface area contributed by atoms with Gasteiger partial charge in [-0.1, -0.05) is 6.07 Å². The summed E-state index contributed by atoms with van der Waals surface area (Å²) in [5, 5.41) is 10.1. The largest absolute Gasteiger partial charge is 0.496 e. The number of anilines is 1. The summed E-state index contributed by atoms with van der Waals surface area (Å²) in [6.45, 7) is 3.94. The lowest BCUT2D eigenvalue weighted by molar-refractivity contribution is 0.194. The van der Waals surface area contributed by atoms with E-state index in [9.17, 15) is 5.11 Å². The summed E-state index contributed by atoms with van der Waals surface area (Å²) in [7, 11) is 5.93. The number of ether oxygens (including phenoxy) is 1. The fraction of sp³-hybridized carbons (Fsp3) is 0.625. The Morgan fingerprint density at radius 2 is 2.25 bits per heavy atom. The number of rotatable bonds is 5. The molecule has 112 valence electrons. The maximum Gasteiger partial charge on any atom is 0.126 e. The van der Waals surface area contributed by atoms with Gasteiger partial charge >= 0.3 is 0 Å². The van der Waals surface area contributed by atoms with E-state index in [2.05, 4.69) is 30.0 Å². The molecule has 0 aromatic heterocycles. The number of likely N-dealkylation sites (N-methyl/N-ethyl adjacent to an activating group) is 2. The Hall–Kier alpha value is -1.26. The highest BCUT2D eigenvalue weighted by molar-refractivity contribution is 5.60. The molecule has 0 aliphatic carbocycles. The van der Waals surface area contributed by atoms with Crippen LogP contribution >= 0.6 is 0 Å². The molecule has 4 nitrogen and oxygen atoms in total. The molecule has 20 heavy (non-hydrogen) atoms. The van der Waals surface area contributed by atoms with Gasteiger partial charge in [-0.2, -0.15) is 0 Å². The van der Waals surface area contributed by atoms with Crippen LogP contribution < -0.4 is 9.64 Å². The third-order valence-electron chi connectivity index (χ3n) is 4.25. The van der Waals surface area contributed by atoms with Gasteiger partial charge in [-0.25, -0.2) is 0 Å². The first-order chi connectivity index (χ1) is 9.54. The van der Waals surface area contributed by atoms with Crippen LogP contribution in [0.2, 0.25) is 0 Å². The van der Waals surface area contributed by atoms with Crippen LogP contribution in [0.1, 0.15) is 31.4 Å². The first-order valence-corrected chi connectivity index (χ1v) is 7.31. The minimum Gasteiger partial charge on any atom is -0.496 e. The van der Waals surface area contributed by atoms with Gasteiger partial charge in [0.1, 0.15) is 5.75 Å². The van der Waals surface area contributed by atoms with Gasteiger partial charge in [-0.05, 0) is 45.5 Å². The van der Waals surface area contributed by atoms with Crippen LogP contribution in [0.3, 0.4) is 0 Å². The second-order valence-corrected chi connectivity index (χ2v) is 5.73. The van der Waals surface area contributed by atoms with Gasteiger partial charge < -0.3 is 19.6 Å². The molecule has 1 heterocycles.